The van der Waals surface area contributed by atoms with Crippen LogP contribution in [0.3, 0.4) is 0 Å². The van der Waals surface area contributed by atoms with Gasteiger partial charge in [-0.25, -0.2) is 0 Å². The fourth-order valence-corrected chi connectivity index (χ4v) is 2.52. The Kier molecular flexibility index (Phi) is 4.78. The minimum absolute atomic E-state index is 0.249. The van der Waals surface area contributed by atoms with E-state index in [0.717, 1.165) is 12.1 Å². The van der Waals surface area contributed by atoms with Crippen LogP contribution in [0.4, 0.5) is 0 Å². The number of halogens is 1. The van der Waals surface area contributed by atoms with Gasteiger partial charge in [-0.1, -0.05) is 26.0 Å². The van der Waals surface area contributed by atoms with E-state index in [0.29, 0.717) is 18.5 Å². The molecule has 0 bridgehead atoms. The molecule has 0 aromatic heterocycles. The second kappa shape index (κ2) is 6.15. The molecule has 98 valence electrons. The molecule has 2 nitrogen and oxygen atoms in total. The molecule has 0 N–H and O–H groups in total. The first-order valence-electron chi connectivity index (χ1n) is 6.59. The smallest absolute Gasteiger partial charge is 0.176 e. The summed E-state index contributed by atoms with van der Waals surface area (Å²) >= 11 is 2.26. The molecule has 1 aliphatic rings. The van der Waals surface area contributed by atoms with Gasteiger partial charge in [0.15, 0.2) is 5.78 Å². The zero-order chi connectivity index (χ0) is 13.1. The van der Waals surface area contributed by atoms with Crippen molar-refractivity contribution in [1.82, 2.24) is 4.90 Å². The van der Waals surface area contributed by atoms with Crippen LogP contribution in [-0.2, 0) is 0 Å². The Morgan fingerprint density at radius 2 is 1.94 bits per heavy atom. The van der Waals surface area contributed by atoms with Gasteiger partial charge in [-0.05, 0) is 53.5 Å². The molecule has 0 aliphatic heterocycles. The van der Waals surface area contributed by atoms with Gasteiger partial charge < -0.3 is 0 Å². The highest BCUT2D eigenvalue weighted by molar-refractivity contribution is 14.1. The summed E-state index contributed by atoms with van der Waals surface area (Å²) in [5, 5.41) is 0. The SMILES string of the molecule is CC(C)CN(CC(=O)c1ccc(I)cc1)C1CC1. The van der Waals surface area contributed by atoms with Crippen LogP contribution in [0.1, 0.15) is 37.0 Å². The van der Waals surface area contributed by atoms with Crippen molar-refractivity contribution < 1.29 is 4.79 Å². The number of benzene rings is 1. The van der Waals surface area contributed by atoms with Crippen LogP contribution in [0.5, 0.6) is 0 Å². The van der Waals surface area contributed by atoms with Crippen LogP contribution in [-0.4, -0.2) is 29.8 Å². The maximum Gasteiger partial charge on any atom is 0.176 e. The highest BCUT2D eigenvalue weighted by Crippen LogP contribution is 2.27. The van der Waals surface area contributed by atoms with Gasteiger partial charge >= 0.3 is 0 Å². The number of hydrogen-bond acceptors (Lipinski definition) is 2. The van der Waals surface area contributed by atoms with E-state index in [1.54, 1.807) is 0 Å². The molecule has 1 aliphatic carbocycles. The lowest BCUT2D eigenvalue weighted by Crippen LogP contribution is -2.34. The highest BCUT2D eigenvalue weighted by atomic mass is 127. The van der Waals surface area contributed by atoms with E-state index in [1.165, 1.54) is 16.4 Å². The average molecular weight is 357 g/mol. The first kappa shape index (κ1) is 14.0. The summed E-state index contributed by atoms with van der Waals surface area (Å²) < 4.78 is 1.17. The third kappa shape index (κ3) is 4.05. The molecule has 0 heterocycles. The third-order valence-electron chi connectivity index (χ3n) is 3.18. The molecule has 2 rings (SSSR count). The minimum atomic E-state index is 0.249. The molecule has 0 saturated heterocycles. The topological polar surface area (TPSA) is 20.3 Å². The molecule has 0 atom stereocenters. The lowest BCUT2D eigenvalue weighted by Gasteiger charge is -2.23. The van der Waals surface area contributed by atoms with Crippen LogP contribution in [0.15, 0.2) is 24.3 Å². The molecular weight excluding hydrogens is 337 g/mol. The zero-order valence-corrected chi connectivity index (χ0v) is 13.2. The summed E-state index contributed by atoms with van der Waals surface area (Å²) in [4.78, 5) is 14.6. The van der Waals surface area contributed by atoms with Crippen LogP contribution >= 0.6 is 22.6 Å². The van der Waals surface area contributed by atoms with Crippen molar-refractivity contribution in [3.8, 4) is 0 Å². The molecule has 1 saturated carbocycles. The predicted molar refractivity (Wildman–Crippen MR) is 82.9 cm³/mol. The van der Waals surface area contributed by atoms with Gasteiger partial charge in [0.2, 0.25) is 0 Å². The molecular formula is C15H20INO. The van der Waals surface area contributed by atoms with Gasteiger partial charge in [0.05, 0.1) is 6.54 Å². The highest BCUT2D eigenvalue weighted by Gasteiger charge is 2.30. The molecule has 18 heavy (non-hydrogen) atoms. The molecule has 1 aromatic rings. The lowest BCUT2D eigenvalue weighted by atomic mass is 10.1. The fraction of sp³-hybridized carbons (Fsp3) is 0.533. The van der Waals surface area contributed by atoms with E-state index < -0.39 is 0 Å². The van der Waals surface area contributed by atoms with E-state index in [2.05, 4.69) is 41.3 Å². The lowest BCUT2D eigenvalue weighted by molar-refractivity contribution is 0.0915. The van der Waals surface area contributed by atoms with Crippen molar-refractivity contribution in [2.75, 3.05) is 13.1 Å². The summed E-state index contributed by atoms with van der Waals surface area (Å²) in [5.74, 6) is 0.870. The van der Waals surface area contributed by atoms with E-state index in [4.69, 9.17) is 0 Å². The standard InChI is InChI=1S/C15H20INO/c1-11(2)9-17(14-7-8-14)10-15(18)12-3-5-13(16)6-4-12/h3-6,11,14H,7-10H2,1-2H3. The van der Waals surface area contributed by atoms with Crippen molar-refractivity contribution in [3.63, 3.8) is 0 Å². The monoisotopic (exact) mass is 357 g/mol. The van der Waals surface area contributed by atoms with Gasteiger partial charge in [0, 0.05) is 21.7 Å². The molecule has 0 unspecified atom stereocenters. The first-order valence-corrected chi connectivity index (χ1v) is 7.67. The third-order valence-corrected chi connectivity index (χ3v) is 3.89. The van der Waals surface area contributed by atoms with Crippen LogP contribution in [0.25, 0.3) is 0 Å². The number of nitrogens with zero attached hydrogens (tertiary/aromatic N) is 1. The van der Waals surface area contributed by atoms with Gasteiger partial charge in [-0.2, -0.15) is 0 Å². The number of Topliss-reactive ketones (excluding diaryl/α,β-unsaturated/α-hetero) is 1. The van der Waals surface area contributed by atoms with Crippen LogP contribution in [0.2, 0.25) is 0 Å². The molecule has 0 radical (unpaired) electrons. The Morgan fingerprint density at radius 1 is 1.33 bits per heavy atom. The number of carbonyl (C=O) groups excluding carboxylic acids is 1. The summed E-state index contributed by atoms with van der Waals surface area (Å²) in [6.45, 7) is 6.03. The van der Waals surface area contributed by atoms with Crippen molar-refractivity contribution in [2.24, 2.45) is 5.92 Å². The fourth-order valence-electron chi connectivity index (χ4n) is 2.16. The second-order valence-corrected chi connectivity index (χ2v) is 6.73. The summed E-state index contributed by atoms with van der Waals surface area (Å²) in [5.41, 5.74) is 0.838. The second-order valence-electron chi connectivity index (χ2n) is 5.48. The number of ketones is 1. The van der Waals surface area contributed by atoms with E-state index in [1.807, 2.05) is 24.3 Å². The Bertz CT molecular complexity index is 409. The zero-order valence-electron chi connectivity index (χ0n) is 11.0. The summed E-state index contributed by atoms with van der Waals surface area (Å²) in [7, 11) is 0. The maximum absolute atomic E-state index is 12.2. The van der Waals surface area contributed by atoms with Gasteiger partial charge in [0.25, 0.3) is 0 Å². The van der Waals surface area contributed by atoms with Crippen molar-refractivity contribution >= 4 is 28.4 Å². The largest absolute Gasteiger partial charge is 0.293 e. The molecule has 0 spiro atoms. The van der Waals surface area contributed by atoms with E-state index in [-0.39, 0.29) is 5.78 Å². The molecule has 0 amide bonds. The molecule has 1 aromatic carbocycles. The molecule has 1 fully saturated rings. The number of hydrogen-bond donors (Lipinski definition) is 0. The summed E-state index contributed by atoms with van der Waals surface area (Å²) in [6.07, 6.45) is 2.51. The number of rotatable bonds is 6. The Labute approximate surface area is 123 Å². The Hall–Kier alpha value is -0.420. The van der Waals surface area contributed by atoms with E-state index >= 15 is 0 Å². The van der Waals surface area contributed by atoms with Gasteiger partial charge in [-0.15, -0.1) is 0 Å². The Balaban J connectivity index is 1.98. The Morgan fingerprint density at radius 3 is 2.44 bits per heavy atom. The number of carbonyl (C=O) groups is 1. The average Bonchev–Trinajstić information content (AvgIpc) is 3.12. The minimum Gasteiger partial charge on any atom is -0.293 e. The quantitative estimate of drug-likeness (QED) is 0.573. The first-order chi connectivity index (χ1) is 8.56. The molecule has 3 heteroatoms. The normalized spacial score (nSPS) is 15.4. The van der Waals surface area contributed by atoms with Crippen molar-refractivity contribution in [3.05, 3.63) is 33.4 Å². The maximum atomic E-state index is 12.2. The summed E-state index contributed by atoms with van der Waals surface area (Å²) in [6, 6.07) is 8.52. The predicted octanol–water partition coefficient (Wildman–Crippen LogP) is 3.59. The van der Waals surface area contributed by atoms with Gasteiger partial charge in [-0.3, -0.25) is 9.69 Å². The van der Waals surface area contributed by atoms with Gasteiger partial charge in [0.1, 0.15) is 0 Å². The van der Waals surface area contributed by atoms with E-state index in [9.17, 15) is 4.79 Å². The van der Waals surface area contributed by atoms with Crippen molar-refractivity contribution in [2.45, 2.75) is 32.7 Å². The van der Waals surface area contributed by atoms with Crippen LogP contribution < -0.4 is 0 Å². The van der Waals surface area contributed by atoms with Crippen LogP contribution in [0, 0.1) is 9.49 Å². The van der Waals surface area contributed by atoms with Crippen molar-refractivity contribution in [1.29, 1.82) is 0 Å².